The number of hydrogen-bond donors (Lipinski definition) is 1. The van der Waals surface area contributed by atoms with Crippen LogP contribution in [0.15, 0.2) is 53.1 Å². The molecule has 0 spiro atoms. The van der Waals surface area contributed by atoms with Crippen molar-refractivity contribution in [3.8, 4) is 11.4 Å². The number of rotatable bonds is 7. The van der Waals surface area contributed by atoms with Crippen LogP contribution in [0.5, 0.6) is 0 Å². The molecule has 1 N–H and O–H groups in total. The molecule has 0 saturated carbocycles. The lowest BCUT2D eigenvalue weighted by Crippen LogP contribution is -2.30. The van der Waals surface area contributed by atoms with Crippen LogP contribution in [0.25, 0.3) is 11.4 Å². The maximum atomic E-state index is 13.6. The lowest BCUT2D eigenvalue weighted by Gasteiger charge is -2.13. The second kappa shape index (κ2) is 9.05. The molecule has 0 aliphatic rings. The highest BCUT2D eigenvalue weighted by Gasteiger charge is 2.20. The molecule has 0 radical (unpaired) electrons. The summed E-state index contributed by atoms with van der Waals surface area (Å²) in [6, 6.07) is 11.9. The summed E-state index contributed by atoms with van der Waals surface area (Å²) in [5.41, 5.74) is 0.571. The molecule has 1 atom stereocenters. The third-order valence-corrected chi connectivity index (χ3v) is 3.91. The molecule has 1 heterocycles. The average molecular weight is 401 g/mol. The number of carbonyl (C=O) groups excluding carboxylic acids is 2. The zero-order chi connectivity index (χ0) is 20.8. The van der Waals surface area contributed by atoms with Crippen LogP contribution in [0, 0.1) is 11.6 Å². The molecule has 7 nitrogen and oxygen atoms in total. The Kier molecular flexibility index (Phi) is 6.28. The average Bonchev–Trinajstić information content (AvgIpc) is 3.18. The van der Waals surface area contributed by atoms with Crippen molar-refractivity contribution in [2.75, 3.05) is 5.32 Å². The molecule has 0 aliphatic heterocycles. The molecule has 1 amide bonds. The van der Waals surface area contributed by atoms with Gasteiger partial charge in [0.05, 0.1) is 12.1 Å². The molecule has 0 bridgehead atoms. The Morgan fingerprint density at radius 3 is 2.66 bits per heavy atom. The van der Waals surface area contributed by atoms with Gasteiger partial charge in [-0.25, -0.2) is 8.78 Å². The minimum atomic E-state index is -1.17. The van der Waals surface area contributed by atoms with Gasteiger partial charge in [-0.3, -0.25) is 9.59 Å². The summed E-state index contributed by atoms with van der Waals surface area (Å²) in [6.07, 6.45) is -1.12. The molecule has 9 heteroatoms. The van der Waals surface area contributed by atoms with E-state index in [9.17, 15) is 18.4 Å². The number of esters is 1. The van der Waals surface area contributed by atoms with Crippen LogP contribution in [-0.2, 0) is 20.7 Å². The van der Waals surface area contributed by atoms with E-state index in [0.717, 1.165) is 17.7 Å². The molecule has 2 aromatic carbocycles. The van der Waals surface area contributed by atoms with E-state index in [-0.39, 0.29) is 24.4 Å². The molecule has 0 aliphatic carbocycles. The molecule has 3 rings (SSSR count). The molecule has 0 saturated heterocycles. The molecule has 1 aromatic heterocycles. The number of aromatic nitrogens is 2. The SMILES string of the molecule is C[C@H](OC(=O)CCc1nc(-c2ccccc2)no1)C(=O)Nc1ccc(F)cc1F. The van der Waals surface area contributed by atoms with Gasteiger partial charge in [0.2, 0.25) is 11.7 Å². The van der Waals surface area contributed by atoms with Crippen molar-refractivity contribution in [3.05, 3.63) is 66.1 Å². The molecule has 3 aromatic rings. The first kappa shape index (κ1) is 20.1. The smallest absolute Gasteiger partial charge is 0.307 e. The maximum absolute atomic E-state index is 13.6. The van der Waals surface area contributed by atoms with Gasteiger partial charge in [0.25, 0.3) is 5.91 Å². The Bertz CT molecular complexity index is 1010. The van der Waals surface area contributed by atoms with Crippen LogP contribution in [-0.4, -0.2) is 28.1 Å². The summed E-state index contributed by atoms with van der Waals surface area (Å²) in [5.74, 6) is -2.44. The Labute approximate surface area is 164 Å². The number of ether oxygens (including phenoxy) is 1. The Morgan fingerprint density at radius 2 is 1.93 bits per heavy atom. The van der Waals surface area contributed by atoms with Crippen LogP contribution in [0.4, 0.5) is 14.5 Å². The van der Waals surface area contributed by atoms with Gasteiger partial charge in [-0.2, -0.15) is 4.98 Å². The topological polar surface area (TPSA) is 94.3 Å². The van der Waals surface area contributed by atoms with E-state index in [1.54, 1.807) is 0 Å². The van der Waals surface area contributed by atoms with E-state index in [4.69, 9.17) is 9.26 Å². The van der Waals surface area contributed by atoms with Gasteiger partial charge in [0.15, 0.2) is 6.10 Å². The largest absolute Gasteiger partial charge is 0.453 e. The molecule has 0 fully saturated rings. The fraction of sp³-hybridized carbons (Fsp3) is 0.200. The Hall–Kier alpha value is -3.62. The highest BCUT2D eigenvalue weighted by atomic mass is 19.1. The van der Waals surface area contributed by atoms with Crippen molar-refractivity contribution in [1.82, 2.24) is 10.1 Å². The molecule has 29 heavy (non-hydrogen) atoms. The number of amides is 1. The lowest BCUT2D eigenvalue weighted by molar-refractivity contribution is -0.153. The number of aryl methyl sites for hydroxylation is 1. The van der Waals surface area contributed by atoms with Gasteiger partial charge in [-0.1, -0.05) is 35.5 Å². The Balaban J connectivity index is 1.49. The van der Waals surface area contributed by atoms with Gasteiger partial charge in [-0.15, -0.1) is 0 Å². The van der Waals surface area contributed by atoms with Crippen molar-refractivity contribution in [2.24, 2.45) is 0 Å². The predicted octanol–water partition coefficient (Wildman–Crippen LogP) is 3.52. The zero-order valence-corrected chi connectivity index (χ0v) is 15.4. The number of nitrogens with zero attached hydrogens (tertiary/aromatic N) is 2. The summed E-state index contributed by atoms with van der Waals surface area (Å²) in [7, 11) is 0. The van der Waals surface area contributed by atoms with Gasteiger partial charge >= 0.3 is 5.97 Å². The Morgan fingerprint density at radius 1 is 1.17 bits per heavy atom. The first-order chi connectivity index (χ1) is 13.9. The van der Waals surface area contributed by atoms with Gasteiger partial charge in [0.1, 0.15) is 11.6 Å². The number of carbonyl (C=O) groups is 2. The molecule has 0 unspecified atom stereocenters. The summed E-state index contributed by atoms with van der Waals surface area (Å²) in [6.45, 7) is 1.34. The van der Waals surface area contributed by atoms with E-state index in [1.165, 1.54) is 6.92 Å². The normalized spacial score (nSPS) is 11.7. The summed E-state index contributed by atoms with van der Waals surface area (Å²) in [4.78, 5) is 28.2. The first-order valence-corrected chi connectivity index (χ1v) is 8.76. The minimum Gasteiger partial charge on any atom is -0.453 e. The number of anilines is 1. The van der Waals surface area contributed by atoms with Gasteiger partial charge in [0, 0.05) is 18.1 Å². The number of nitrogens with one attached hydrogen (secondary N) is 1. The third-order valence-electron chi connectivity index (χ3n) is 3.91. The highest BCUT2D eigenvalue weighted by Crippen LogP contribution is 2.17. The van der Waals surface area contributed by atoms with E-state index in [1.807, 2.05) is 30.3 Å². The highest BCUT2D eigenvalue weighted by molar-refractivity contribution is 5.95. The zero-order valence-electron chi connectivity index (χ0n) is 15.4. The molecular formula is C20H17F2N3O4. The van der Waals surface area contributed by atoms with Crippen molar-refractivity contribution < 1.29 is 27.6 Å². The third kappa shape index (κ3) is 5.44. The van der Waals surface area contributed by atoms with Crippen LogP contribution in [0.2, 0.25) is 0 Å². The van der Waals surface area contributed by atoms with Crippen molar-refractivity contribution in [1.29, 1.82) is 0 Å². The molecular weight excluding hydrogens is 384 g/mol. The van der Waals surface area contributed by atoms with Gasteiger partial charge < -0.3 is 14.6 Å². The maximum Gasteiger partial charge on any atom is 0.307 e. The van der Waals surface area contributed by atoms with Gasteiger partial charge in [-0.05, 0) is 19.1 Å². The van der Waals surface area contributed by atoms with Crippen molar-refractivity contribution >= 4 is 17.6 Å². The minimum absolute atomic E-state index is 0.0844. The number of halogens is 2. The summed E-state index contributed by atoms with van der Waals surface area (Å²) >= 11 is 0. The second-order valence-electron chi connectivity index (χ2n) is 6.12. The van der Waals surface area contributed by atoms with E-state index >= 15 is 0 Å². The van der Waals surface area contributed by atoms with Crippen LogP contribution in [0.1, 0.15) is 19.2 Å². The number of hydrogen-bond acceptors (Lipinski definition) is 6. The summed E-state index contributed by atoms with van der Waals surface area (Å²) in [5, 5.41) is 6.09. The van der Waals surface area contributed by atoms with Crippen LogP contribution >= 0.6 is 0 Å². The monoisotopic (exact) mass is 401 g/mol. The van der Waals surface area contributed by atoms with E-state index in [2.05, 4.69) is 15.5 Å². The van der Waals surface area contributed by atoms with Crippen LogP contribution < -0.4 is 5.32 Å². The van der Waals surface area contributed by atoms with E-state index < -0.39 is 29.6 Å². The fourth-order valence-electron chi connectivity index (χ4n) is 2.40. The van der Waals surface area contributed by atoms with Crippen molar-refractivity contribution in [2.45, 2.75) is 25.9 Å². The van der Waals surface area contributed by atoms with Crippen molar-refractivity contribution in [3.63, 3.8) is 0 Å². The molecule has 150 valence electrons. The predicted molar refractivity (Wildman–Crippen MR) is 98.6 cm³/mol. The van der Waals surface area contributed by atoms with Crippen LogP contribution in [0.3, 0.4) is 0 Å². The fourth-order valence-corrected chi connectivity index (χ4v) is 2.40. The lowest BCUT2D eigenvalue weighted by atomic mass is 10.2. The summed E-state index contributed by atoms with van der Waals surface area (Å²) < 4.78 is 36.6. The second-order valence-corrected chi connectivity index (χ2v) is 6.12. The first-order valence-electron chi connectivity index (χ1n) is 8.76. The number of benzene rings is 2. The quantitative estimate of drug-likeness (QED) is 0.609. The van der Waals surface area contributed by atoms with E-state index in [0.29, 0.717) is 11.9 Å². The standard InChI is InChI=1S/C20H17F2N3O4/c1-12(20(27)23-16-8-7-14(21)11-15(16)22)28-18(26)10-9-17-24-19(25-29-17)13-5-3-2-4-6-13/h2-8,11-12H,9-10H2,1H3,(H,23,27)/t12-/m0/s1.